The lowest BCUT2D eigenvalue weighted by molar-refractivity contribution is -0.147. The molecule has 0 spiro atoms. The van der Waals surface area contributed by atoms with E-state index in [2.05, 4.69) is 21.2 Å². The Morgan fingerprint density at radius 1 is 1.47 bits per heavy atom. The molecule has 0 aliphatic heterocycles. The number of thiophene rings is 1. The first kappa shape index (κ1) is 16.2. The largest absolute Gasteiger partial charge is 0.480 e. The third-order valence-electron chi connectivity index (χ3n) is 3.05. The summed E-state index contributed by atoms with van der Waals surface area (Å²) in [5.74, 6) is -1.20. The smallest absolute Gasteiger partial charge is 0.329 e. The van der Waals surface area contributed by atoms with Crippen LogP contribution in [0.5, 0.6) is 0 Å². The molecule has 1 atom stereocenters. The van der Waals surface area contributed by atoms with E-state index in [1.165, 1.54) is 11.8 Å². The maximum atomic E-state index is 11.7. The summed E-state index contributed by atoms with van der Waals surface area (Å²) in [5.41, 5.74) is -1.16. The van der Waals surface area contributed by atoms with Gasteiger partial charge in [0.1, 0.15) is 5.54 Å². The number of nitrogens with one attached hydrogen (secondary N) is 1. The summed E-state index contributed by atoms with van der Waals surface area (Å²) < 4.78 is 1.08. The molecular formula is C13H18BrNO3S. The van der Waals surface area contributed by atoms with Crippen LogP contribution in [0.1, 0.15) is 38.0 Å². The zero-order valence-corrected chi connectivity index (χ0v) is 13.4. The first-order chi connectivity index (χ1) is 8.87. The highest BCUT2D eigenvalue weighted by molar-refractivity contribution is 9.11. The standard InChI is InChI=1S/C13H18BrNO3S/c1-3-13(2,12(17)18)15-11(16)6-4-5-9-7-8-10(14)19-9/h7-8H,3-6H2,1-2H3,(H,15,16)(H,17,18). The third kappa shape index (κ3) is 4.95. The Bertz CT molecular complexity index is 460. The van der Waals surface area contributed by atoms with Crippen LogP contribution in [-0.4, -0.2) is 22.5 Å². The van der Waals surface area contributed by atoms with Crippen LogP contribution < -0.4 is 5.32 Å². The Labute approximate surface area is 125 Å². The maximum Gasteiger partial charge on any atom is 0.329 e. The van der Waals surface area contributed by atoms with Gasteiger partial charge in [0, 0.05) is 11.3 Å². The van der Waals surface area contributed by atoms with E-state index in [0.717, 1.165) is 16.6 Å². The van der Waals surface area contributed by atoms with Crippen LogP contribution in [0.3, 0.4) is 0 Å². The SMILES string of the molecule is CCC(C)(NC(=O)CCCc1ccc(Br)s1)C(=O)O. The van der Waals surface area contributed by atoms with Crippen molar-refractivity contribution in [3.8, 4) is 0 Å². The van der Waals surface area contributed by atoms with Gasteiger partial charge < -0.3 is 10.4 Å². The van der Waals surface area contributed by atoms with E-state index in [4.69, 9.17) is 5.11 Å². The van der Waals surface area contributed by atoms with Gasteiger partial charge in [0.05, 0.1) is 3.79 Å². The molecule has 0 fully saturated rings. The second-order valence-electron chi connectivity index (χ2n) is 4.60. The molecule has 0 saturated heterocycles. The van der Waals surface area contributed by atoms with Crippen LogP contribution in [-0.2, 0) is 16.0 Å². The molecule has 0 aliphatic carbocycles. The zero-order valence-electron chi connectivity index (χ0n) is 11.0. The van der Waals surface area contributed by atoms with Crippen LogP contribution in [0.25, 0.3) is 0 Å². The minimum Gasteiger partial charge on any atom is -0.480 e. The number of halogens is 1. The average molecular weight is 348 g/mol. The van der Waals surface area contributed by atoms with Crippen LogP contribution in [0.15, 0.2) is 15.9 Å². The van der Waals surface area contributed by atoms with Gasteiger partial charge in [-0.15, -0.1) is 11.3 Å². The van der Waals surface area contributed by atoms with E-state index >= 15 is 0 Å². The van der Waals surface area contributed by atoms with E-state index in [9.17, 15) is 9.59 Å². The second-order valence-corrected chi connectivity index (χ2v) is 7.15. The van der Waals surface area contributed by atoms with Gasteiger partial charge in [0.25, 0.3) is 0 Å². The van der Waals surface area contributed by atoms with Gasteiger partial charge in [0.15, 0.2) is 0 Å². The molecule has 1 aromatic heterocycles. The summed E-state index contributed by atoms with van der Waals surface area (Å²) in [5, 5.41) is 11.7. The number of carbonyl (C=O) groups excluding carboxylic acids is 1. The summed E-state index contributed by atoms with van der Waals surface area (Å²) in [7, 11) is 0. The number of hydrogen-bond donors (Lipinski definition) is 2. The molecule has 0 bridgehead atoms. The van der Waals surface area contributed by atoms with Crippen LogP contribution in [0.4, 0.5) is 0 Å². The Morgan fingerprint density at radius 3 is 2.63 bits per heavy atom. The van der Waals surface area contributed by atoms with Crippen molar-refractivity contribution in [3.63, 3.8) is 0 Å². The summed E-state index contributed by atoms with van der Waals surface area (Å²) >= 11 is 5.04. The number of carbonyl (C=O) groups is 2. The van der Waals surface area contributed by atoms with Crippen molar-refractivity contribution < 1.29 is 14.7 Å². The number of carboxylic acids is 1. The minimum absolute atomic E-state index is 0.206. The van der Waals surface area contributed by atoms with E-state index in [0.29, 0.717) is 12.8 Å². The predicted octanol–water partition coefficient (Wildman–Crippen LogP) is 3.20. The van der Waals surface area contributed by atoms with Crippen molar-refractivity contribution in [3.05, 3.63) is 20.8 Å². The summed E-state index contributed by atoms with van der Waals surface area (Å²) in [4.78, 5) is 24.0. The molecule has 0 radical (unpaired) electrons. The molecule has 6 heteroatoms. The molecule has 1 aromatic rings. The lowest BCUT2D eigenvalue weighted by Crippen LogP contribution is -2.51. The zero-order chi connectivity index (χ0) is 14.5. The number of aryl methyl sites for hydroxylation is 1. The molecule has 106 valence electrons. The number of hydrogen-bond acceptors (Lipinski definition) is 3. The van der Waals surface area contributed by atoms with Crippen LogP contribution >= 0.6 is 27.3 Å². The van der Waals surface area contributed by atoms with Crippen LogP contribution in [0.2, 0.25) is 0 Å². The first-order valence-corrected chi connectivity index (χ1v) is 7.77. The van der Waals surface area contributed by atoms with E-state index < -0.39 is 11.5 Å². The van der Waals surface area contributed by atoms with Crippen LogP contribution in [0, 0.1) is 0 Å². The van der Waals surface area contributed by atoms with Crippen molar-refractivity contribution in [1.29, 1.82) is 0 Å². The molecule has 0 saturated carbocycles. The fourth-order valence-electron chi connectivity index (χ4n) is 1.57. The van der Waals surface area contributed by atoms with Crippen molar-refractivity contribution in [2.75, 3.05) is 0 Å². The third-order valence-corrected chi connectivity index (χ3v) is 4.73. The average Bonchev–Trinajstić information content (AvgIpc) is 2.74. The van der Waals surface area contributed by atoms with Gasteiger partial charge in [0.2, 0.25) is 5.91 Å². The lowest BCUT2D eigenvalue weighted by Gasteiger charge is -2.24. The van der Waals surface area contributed by atoms with Gasteiger partial charge in [-0.3, -0.25) is 4.79 Å². The number of carboxylic acid groups (broad SMARTS) is 1. The monoisotopic (exact) mass is 347 g/mol. The Morgan fingerprint density at radius 2 is 2.16 bits per heavy atom. The van der Waals surface area contributed by atoms with E-state index in [-0.39, 0.29) is 5.91 Å². The van der Waals surface area contributed by atoms with Gasteiger partial charge in [-0.25, -0.2) is 4.79 Å². The Kier molecular flexibility index (Phi) is 6.00. The molecule has 1 unspecified atom stereocenters. The molecule has 4 nitrogen and oxygen atoms in total. The molecule has 19 heavy (non-hydrogen) atoms. The number of aliphatic carboxylic acids is 1. The van der Waals surface area contributed by atoms with E-state index in [1.807, 2.05) is 12.1 Å². The molecular weight excluding hydrogens is 330 g/mol. The second kappa shape index (κ2) is 7.05. The van der Waals surface area contributed by atoms with Crippen molar-refractivity contribution >= 4 is 39.1 Å². The number of amides is 1. The quantitative estimate of drug-likeness (QED) is 0.795. The minimum atomic E-state index is -1.16. The lowest BCUT2D eigenvalue weighted by atomic mass is 9.99. The van der Waals surface area contributed by atoms with Gasteiger partial charge >= 0.3 is 5.97 Å². The maximum absolute atomic E-state index is 11.7. The number of rotatable bonds is 7. The van der Waals surface area contributed by atoms with E-state index in [1.54, 1.807) is 18.3 Å². The first-order valence-electron chi connectivity index (χ1n) is 6.16. The van der Waals surface area contributed by atoms with Crippen molar-refractivity contribution in [2.45, 2.75) is 45.1 Å². The highest BCUT2D eigenvalue weighted by Gasteiger charge is 2.32. The summed E-state index contributed by atoms with van der Waals surface area (Å²) in [6.45, 7) is 3.28. The molecule has 1 rings (SSSR count). The highest BCUT2D eigenvalue weighted by Crippen LogP contribution is 2.23. The van der Waals surface area contributed by atoms with Gasteiger partial charge in [-0.2, -0.15) is 0 Å². The van der Waals surface area contributed by atoms with Crippen molar-refractivity contribution in [2.24, 2.45) is 0 Å². The Hall–Kier alpha value is -0.880. The molecule has 0 aliphatic rings. The molecule has 0 aromatic carbocycles. The highest BCUT2D eigenvalue weighted by atomic mass is 79.9. The van der Waals surface area contributed by atoms with Gasteiger partial charge in [-0.1, -0.05) is 6.92 Å². The topological polar surface area (TPSA) is 66.4 Å². The molecule has 1 heterocycles. The Balaban J connectivity index is 2.37. The summed E-state index contributed by atoms with van der Waals surface area (Å²) in [6.07, 6.45) is 2.27. The summed E-state index contributed by atoms with van der Waals surface area (Å²) in [6, 6.07) is 4.01. The van der Waals surface area contributed by atoms with Gasteiger partial charge in [-0.05, 0) is 54.2 Å². The fraction of sp³-hybridized carbons (Fsp3) is 0.538. The normalized spacial score (nSPS) is 13.8. The molecule has 1 amide bonds. The van der Waals surface area contributed by atoms with Crippen molar-refractivity contribution in [1.82, 2.24) is 5.32 Å². The fourth-order valence-corrected chi connectivity index (χ4v) is 3.10. The predicted molar refractivity (Wildman–Crippen MR) is 79.4 cm³/mol. The molecule has 2 N–H and O–H groups in total.